The van der Waals surface area contributed by atoms with Crippen molar-refractivity contribution in [1.29, 1.82) is 0 Å². The predicted octanol–water partition coefficient (Wildman–Crippen LogP) is 3.00. The van der Waals surface area contributed by atoms with E-state index in [4.69, 9.17) is 9.57 Å². The van der Waals surface area contributed by atoms with Crippen LogP contribution in [0.1, 0.15) is 55.4 Å². The van der Waals surface area contributed by atoms with Crippen LogP contribution in [0, 0.1) is 0 Å². The Morgan fingerprint density at radius 3 is 2.81 bits per heavy atom. The first-order chi connectivity index (χ1) is 15.2. The standard InChI is InChI=1S/C22H32N6O3/c1-4-28(5-2)13-8-14-30-19-12-11-16(15-23-19)24-22(29)21-20-17(25-26-21)9-7-10-18(20)27-31-6-3/h10-12,15,27H,4-9,13-14H2,1-3H3,(H,24,29)(H,25,26). The summed E-state index contributed by atoms with van der Waals surface area (Å²) in [5.74, 6) is 0.235. The number of allylic oxidation sites excluding steroid dienone is 1. The number of hydrogen-bond acceptors (Lipinski definition) is 7. The Bertz CT molecular complexity index is 874. The van der Waals surface area contributed by atoms with E-state index < -0.39 is 0 Å². The Morgan fingerprint density at radius 1 is 1.26 bits per heavy atom. The van der Waals surface area contributed by atoms with Crippen LogP contribution in [0.5, 0.6) is 5.88 Å². The molecule has 2 aromatic heterocycles. The van der Waals surface area contributed by atoms with Crippen molar-refractivity contribution in [2.24, 2.45) is 0 Å². The molecule has 0 saturated heterocycles. The first kappa shape index (κ1) is 22.8. The number of amides is 1. The molecule has 1 amide bonds. The zero-order valence-electron chi connectivity index (χ0n) is 18.5. The molecule has 0 spiro atoms. The lowest BCUT2D eigenvalue weighted by atomic mass is 9.99. The minimum Gasteiger partial charge on any atom is -0.478 e. The Morgan fingerprint density at radius 2 is 2.10 bits per heavy atom. The lowest BCUT2D eigenvalue weighted by Crippen LogP contribution is -2.25. The van der Waals surface area contributed by atoms with Crippen molar-refractivity contribution >= 4 is 17.3 Å². The number of hydrogen-bond donors (Lipinski definition) is 3. The molecule has 1 aliphatic carbocycles. The molecule has 0 saturated carbocycles. The highest BCUT2D eigenvalue weighted by Crippen LogP contribution is 2.27. The molecule has 2 aromatic rings. The van der Waals surface area contributed by atoms with E-state index in [1.165, 1.54) is 0 Å². The fourth-order valence-electron chi connectivity index (χ4n) is 3.45. The highest BCUT2D eigenvalue weighted by molar-refractivity contribution is 6.06. The molecule has 0 aliphatic heterocycles. The van der Waals surface area contributed by atoms with Crippen molar-refractivity contribution in [2.45, 2.75) is 40.0 Å². The molecule has 0 bridgehead atoms. The summed E-state index contributed by atoms with van der Waals surface area (Å²) >= 11 is 0. The van der Waals surface area contributed by atoms with Gasteiger partial charge in [0.2, 0.25) is 5.88 Å². The van der Waals surface area contributed by atoms with E-state index in [1.807, 2.05) is 13.0 Å². The van der Waals surface area contributed by atoms with Crippen molar-refractivity contribution in [3.63, 3.8) is 0 Å². The van der Waals surface area contributed by atoms with E-state index in [1.54, 1.807) is 18.3 Å². The number of aromatic amines is 1. The molecule has 9 nitrogen and oxygen atoms in total. The van der Waals surface area contributed by atoms with Gasteiger partial charge in [-0.05, 0) is 45.3 Å². The SMILES string of the molecule is CCONC1=CCCc2[nH]nc(C(=O)Nc3ccc(OCCCN(CC)CC)nc3)c21. The second-order valence-electron chi connectivity index (χ2n) is 7.19. The predicted molar refractivity (Wildman–Crippen MR) is 120 cm³/mol. The number of carbonyl (C=O) groups excluding carboxylic acids is 1. The minimum atomic E-state index is -0.307. The van der Waals surface area contributed by atoms with E-state index in [0.717, 1.165) is 55.9 Å². The highest BCUT2D eigenvalue weighted by Gasteiger charge is 2.25. The summed E-state index contributed by atoms with van der Waals surface area (Å²) in [5.41, 5.74) is 6.24. The maximum Gasteiger partial charge on any atom is 0.276 e. The van der Waals surface area contributed by atoms with Crippen LogP contribution in [0.2, 0.25) is 0 Å². The van der Waals surface area contributed by atoms with Crippen LogP contribution >= 0.6 is 0 Å². The van der Waals surface area contributed by atoms with Crippen molar-refractivity contribution in [1.82, 2.24) is 25.6 Å². The average molecular weight is 429 g/mol. The van der Waals surface area contributed by atoms with Gasteiger partial charge in [0.05, 0.1) is 36.4 Å². The molecule has 1 aliphatic rings. The number of anilines is 1. The van der Waals surface area contributed by atoms with Crippen LogP contribution in [-0.2, 0) is 11.3 Å². The average Bonchev–Trinajstić information content (AvgIpc) is 3.24. The van der Waals surface area contributed by atoms with E-state index in [2.05, 4.69) is 44.7 Å². The van der Waals surface area contributed by atoms with Crippen LogP contribution in [0.3, 0.4) is 0 Å². The third kappa shape index (κ3) is 6.05. The van der Waals surface area contributed by atoms with Gasteiger partial charge in [-0.15, -0.1) is 0 Å². The van der Waals surface area contributed by atoms with Gasteiger partial charge < -0.3 is 15.0 Å². The van der Waals surface area contributed by atoms with Crippen molar-refractivity contribution in [3.05, 3.63) is 41.4 Å². The Kier molecular flexibility index (Phi) is 8.43. The van der Waals surface area contributed by atoms with Gasteiger partial charge in [0, 0.05) is 18.3 Å². The van der Waals surface area contributed by atoms with Crippen molar-refractivity contribution in [2.75, 3.05) is 38.2 Å². The molecule has 31 heavy (non-hydrogen) atoms. The summed E-state index contributed by atoms with van der Waals surface area (Å²) in [6, 6.07) is 3.54. The lowest BCUT2D eigenvalue weighted by Gasteiger charge is -2.17. The number of aromatic nitrogens is 3. The molecule has 3 N–H and O–H groups in total. The molecule has 9 heteroatoms. The molecular formula is C22H32N6O3. The smallest absolute Gasteiger partial charge is 0.276 e. The van der Waals surface area contributed by atoms with Crippen LogP contribution < -0.4 is 15.5 Å². The van der Waals surface area contributed by atoms with Crippen LogP contribution in [-0.4, -0.2) is 58.8 Å². The number of carbonyl (C=O) groups is 1. The summed E-state index contributed by atoms with van der Waals surface area (Å²) in [6.45, 7) is 10.4. The van der Waals surface area contributed by atoms with E-state index in [-0.39, 0.29) is 5.91 Å². The first-order valence-electron chi connectivity index (χ1n) is 10.9. The first-order valence-corrected chi connectivity index (χ1v) is 10.9. The highest BCUT2D eigenvalue weighted by atomic mass is 16.6. The number of H-pyrrole nitrogens is 1. The quantitative estimate of drug-likeness (QED) is 0.353. The Balaban J connectivity index is 1.56. The van der Waals surface area contributed by atoms with Gasteiger partial charge in [-0.2, -0.15) is 5.10 Å². The van der Waals surface area contributed by atoms with Crippen molar-refractivity contribution < 1.29 is 14.4 Å². The third-order valence-corrected chi connectivity index (χ3v) is 5.15. The molecule has 2 heterocycles. The number of nitrogens with one attached hydrogen (secondary N) is 3. The lowest BCUT2D eigenvalue weighted by molar-refractivity contribution is 0.0894. The Labute approximate surface area is 183 Å². The monoisotopic (exact) mass is 428 g/mol. The maximum absolute atomic E-state index is 12.8. The fraction of sp³-hybridized carbons (Fsp3) is 0.500. The largest absolute Gasteiger partial charge is 0.478 e. The molecule has 0 radical (unpaired) electrons. The summed E-state index contributed by atoms with van der Waals surface area (Å²) in [4.78, 5) is 24.8. The Hall–Kier alpha value is -2.91. The zero-order chi connectivity index (χ0) is 22.1. The van der Waals surface area contributed by atoms with Gasteiger partial charge in [-0.1, -0.05) is 19.9 Å². The maximum atomic E-state index is 12.8. The second-order valence-corrected chi connectivity index (χ2v) is 7.19. The molecule has 168 valence electrons. The summed E-state index contributed by atoms with van der Waals surface area (Å²) in [6.07, 6.45) is 6.20. The van der Waals surface area contributed by atoms with E-state index >= 15 is 0 Å². The molecule has 0 unspecified atom stereocenters. The molecular weight excluding hydrogens is 396 g/mol. The number of hydroxylamine groups is 1. The zero-order valence-corrected chi connectivity index (χ0v) is 18.5. The van der Waals surface area contributed by atoms with Crippen LogP contribution in [0.25, 0.3) is 5.70 Å². The summed E-state index contributed by atoms with van der Waals surface area (Å²) in [5, 5.41) is 10.0. The number of fused-ring (bicyclic) bond motifs is 1. The van der Waals surface area contributed by atoms with Crippen LogP contribution in [0.15, 0.2) is 24.4 Å². The minimum absolute atomic E-state index is 0.307. The van der Waals surface area contributed by atoms with E-state index in [0.29, 0.717) is 30.5 Å². The third-order valence-electron chi connectivity index (χ3n) is 5.15. The van der Waals surface area contributed by atoms with Gasteiger partial charge in [-0.3, -0.25) is 20.2 Å². The fourth-order valence-corrected chi connectivity index (χ4v) is 3.45. The van der Waals surface area contributed by atoms with Crippen molar-refractivity contribution in [3.8, 4) is 5.88 Å². The normalized spacial score (nSPS) is 13.0. The number of rotatable bonds is 12. The summed E-state index contributed by atoms with van der Waals surface area (Å²) in [7, 11) is 0. The summed E-state index contributed by atoms with van der Waals surface area (Å²) < 4.78 is 5.71. The number of ether oxygens (including phenoxy) is 1. The van der Waals surface area contributed by atoms with Gasteiger partial charge in [0.1, 0.15) is 0 Å². The molecule has 3 rings (SSSR count). The number of aryl methyl sites for hydroxylation is 1. The number of nitrogens with zero attached hydrogens (tertiary/aromatic N) is 3. The van der Waals surface area contributed by atoms with Gasteiger partial charge in [-0.25, -0.2) is 4.98 Å². The molecule has 0 fully saturated rings. The van der Waals surface area contributed by atoms with Crippen LogP contribution in [0.4, 0.5) is 5.69 Å². The number of pyridine rings is 1. The van der Waals surface area contributed by atoms with E-state index in [9.17, 15) is 4.79 Å². The molecule has 0 atom stereocenters. The molecule has 0 aromatic carbocycles. The van der Waals surface area contributed by atoms with Gasteiger partial charge in [0.15, 0.2) is 5.69 Å². The second kappa shape index (κ2) is 11.5. The van der Waals surface area contributed by atoms with Gasteiger partial charge in [0.25, 0.3) is 5.91 Å². The topological polar surface area (TPSA) is 104 Å². The van der Waals surface area contributed by atoms with Gasteiger partial charge >= 0.3 is 0 Å².